The number of hydrogen-bond acceptors (Lipinski definition) is 3. The van der Waals surface area contributed by atoms with Crippen LogP contribution in [0.2, 0.25) is 0 Å². The smallest absolute Gasteiger partial charge is 0.190 e. The first-order valence-corrected chi connectivity index (χ1v) is 9.34. The molecule has 0 atom stereocenters. The number of hydrogen-bond donors (Lipinski definition) is 2. The SMILES string of the molecule is CN=C(NCCCN(C)C1CCCCC1)NCCc1ccccn1. The zero-order chi connectivity index (χ0) is 17.0. The van der Waals surface area contributed by atoms with Gasteiger partial charge in [0, 0.05) is 44.5 Å². The first-order chi connectivity index (χ1) is 11.8. The molecule has 1 aliphatic carbocycles. The highest BCUT2D eigenvalue weighted by atomic mass is 15.2. The third-order valence-electron chi connectivity index (χ3n) is 4.80. The van der Waals surface area contributed by atoms with Gasteiger partial charge in [0.05, 0.1) is 0 Å². The monoisotopic (exact) mass is 331 g/mol. The maximum atomic E-state index is 4.33. The minimum absolute atomic E-state index is 0.801. The number of nitrogens with one attached hydrogen (secondary N) is 2. The van der Waals surface area contributed by atoms with Crippen LogP contribution >= 0.6 is 0 Å². The molecule has 0 unspecified atom stereocenters. The van der Waals surface area contributed by atoms with Gasteiger partial charge in [-0.25, -0.2) is 0 Å². The van der Waals surface area contributed by atoms with E-state index < -0.39 is 0 Å². The maximum Gasteiger partial charge on any atom is 0.190 e. The van der Waals surface area contributed by atoms with E-state index >= 15 is 0 Å². The van der Waals surface area contributed by atoms with Gasteiger partial charge in [0.15, 0.2) is 5.96 Å². The predicted molar refractivity (Wildman–Crippen MR) is 101 cm³/mol. The van der Waals surface area contributed by atoms with Crippen molar-refractivity contribution in [3.8, 4) is 0 Å². The fourth-order valence-corrected chi connectivity index (χ4v) is 3.32. The Bertz CT molecular complexity index is 468. The van der Waals surface area contributed by atoms with Crippen LogP contribution in [-0.2, 0) is 6.42 Å². The van der Waals surface area contributed by atoms with Gasteiger partial charge in [-0.2, -0.15) is 0 Å². The first-order valence-electron chi connectivity index (χ1n) is 9.34. The Hall–Kier alpha value is -1.62. The van der Waals surface area contributed by atoms with Gasteiger partial charge in [-0.1, -0.05) is 25.3 Å². The Morgan fingerprint density at radius 2 is 2.00 bits per heavy atom. The van der Waals surface area contributed by atoms with E-state index in [0.29, 0.717) is 0 Å². The Labute approximate surface area is 147 Å². The molecule has 134 valence electrons. The van der Waals surface area contributed by atoms with Crippen molar-refractivity contribution in [2.24, 2.45) is 4.99 Å². The molecule has 1 saturated carbocycles. The molecule has 0 aromatic carbocycles. The Morgan fingerprint density at radius 1 is 1.21 bits per heavy atom. The molecule has 1 aromatic rings. The van der Waals surface area contributed by atoms with Crippen molar-refractivity contribution >= 4 is 5.96 Å². The van der Waals surface area contributed by atoms with E-state index in [4.69, 9.17) is 0 Å². The third-order valence-corrected chi connectivity index (χ3v) is 4.80. The molecule has 2 rings (SSSR count). The van der Waals surface area contributed by atoms with Crippen molar-refractivity contribution in [3.63, 3.8) is 0 Å². The van der Waals surface area contributed by atoms with Crippen molar-refractivity contribution in [2.75, 3.05) is 33.7 Å². The van der Waals surface area contributed by atoms with Crippen LogP contribution in [0, 0.1) is 0 Å². The van der Waals surface area contributed by atoms with E-state index in [1.807, 2.05) is 25.4 Å². The molecule has 0 saturated heterocycles. The number of pyridine rings is 1. The molecule has 5 heteroatoms. The zero-order valence-electron chi connectivity index (χ0n) is 15.3. The number of aliphatic imine (C=N–C) groups is 1. The molecule has 1 aromatic heterocycles. The van der Waals surface area contributed by atoms with Gasteiger partial charge in [0.2, 0.25) is 0 Å². The Morgan fingerprint density at radius 3 is 2.71 bits per heavy atom. The summed E-state index contributed by atoms with van der Waals surface area (Å²) in [6.45, 7) is 2.96. The van der Waals surface area contributed by atoms with Crippen molar-refractivity contribution in [1.29, 1.82) is 0 Å². The molecule has 2 N–H and O–H groups in total. The molecule has 5 nitrogen and oxygen atoms in total. The molecule has 0 aliphatic heterocycles. The second-order valence-corrected chi connectivity index (χ2v) is 6.62. The maximum absolute atomic E-state index is 4.33. The average molecular weight is 332 g/mol. The summed E-state index contributed by atoms with van der Waals surface area (Å²) >= 11 is 0. The van der Waals surface area contributed by atoms with Crippen molar-refractivity contribution in [3.05, 3.63) is 30.1 Å². The van der Waals surface area contributed by atoms with Gasteiger partial charge >= 0.3 is 0 Å². The number of nitrogens with zero attached hydrogens (tertiary/aromatic N) is 3. The normalized spacial score (nSPS) is 16.4. The van der Waals surface area contributed by atoms with Crippen LogP contribution in [0.15, 0.2) is 29.4 Å². The van der Waals surface area contributed by atoms with Gasteiger partial charge < -0.3 is 15.5 Å². The first kappa shape index (κ1) is 18.7. The summed E-state index contributed by atoms with van der Waals surface area (Å²) in [5.41, 5.74) is 1.11. The molecule has 0 spiro atoms. The van der Waals surface area contributed by atoms with Crippen molar-refractivity contribution in [1.82, 2.24) is 20.5 Å². The molecule has 1 fully saturated rings. The third kappa shape index (κ3) is 6.87. The van der Waals surface area contributed by atoms with E-state index in [9.17, 15) is 0 Å². The second kappa shape index (κ2) is 11.0. The van der Waals surface area contributed by atoms with Crippen LogP contribution < -0.4 is 10.6 Å². The van der Waals surface area contributed by atoms with Crippen LogP contribution in [0.1, 0.15) is 44.2 Å². The topological polar surface area (TPSA) is 52.6 Å². The van der Waals surface area contributed by atoms with Gasteiger partial charge in [-0.3, -0.25) is 9.98 Å². The van der Waals surface area contributed by atoms with E-state index in [0.717, 1.165) is 50.2 Å². The fraction of sp³-hybridized carbons (Fsp3) is 0.684. The summed E-state index contributed by atoms with van der Waals surface area (Å²) in [5.74, 6) is 0.881. The summed E-state index contributed by atoms with van der Waals surface area (Å²) in [4.78, 5) is 11.2. The van der Waals surface area contributed by atoms with Crippen LogP contribution in [0.25, 0.3) is 0 Å². The lowest BCUT2D eigenvalue weighted by molar-refractivity contribution is 0.190. The van der Waals surface area contributed by atoms with Gasteiger partial charge in [-0.05, 0) is 45.0 Å². The zero-order valence-corrected chi connectivity index (χ0v) is 15.3. The molecular formula is C19H33N5. The molecule has 1 heterocycles. The summed E-state index contributed by atoms with van der Waals surface area (Å²) in [6.07, 6.45) is 10.9. The van der Waals surface area contributed by atoms with Crippen LogP contribution in [0.5, 0.6) is 0 Å². The highest BCUT2D eigenvalue weighted by molar-refractivity contribution is 5.79. The van der Waals surface area contributed by atoms with E-state index in [1.54, 1.807) is 0 Å². The number of guanidine groups is 1. The quantitative estimate of drug-likeness (QED) is 0.436. The minimum Gasteiger partial charge on any atom is -0.356 e. The average Bonchev–Trinajstić information content (AvgIpc) is 2.65. The van der Waals surface area contributed by atoms with Gasteiger partial charge in [0.1, 0.15) is 0 Å². The van der Waals surface area contributed by atoms with E-state index in [-0.39, 0.29) is 0 Å². The molecule has 1 aliphatic rings. The lowest BCUT2D eigenvalue weighted by Crippen LogP contribution is -2.40. The molecule has 0 amide bonds. The highest BCUT2D eigenvalue weighted by Gasteiger charge is 2.17. The number of aromatic nitrogens is 1. The molecule has 0 radical (unpaired) electrons. The van der Waals surface area contributed by atoms with Crippen LogP contribution in [0.3, 0.4) is 0 Å². The van der Waals surface area contributed by atoms with E-state index in [2.05, 4.69) is 38.6 Å². The summed E-state index contributed by atoms with van der Waals surface area (Å²) in [7, 11) is 4.10. The Balaban J connectivity index is 1.56. The standard InChI is InChI=1S/C19H33N5/c1-20-19(23-15-12-17-9-6-7-13-21-17)22-14-8-16-24(2)18-10-4-3-5-11-18/h6-7,9,13,18H,3-5,8,10-12,14-16H2,1-2H3,(H2,20,22,23). The summed E-state index contributed by atoms with van der Waals surface area (Å²) in [6, 6.07) is 6.83. The molecule has 0 bridgehead atoms. The lowest BCUT2D eigenvalue weighted by atomic mass is 9.94. The Kier molecular flexibility index (Phi) is 8.60. The second-order valence-electron chi connectivity index (χ2n) is 6.62. The van der Waals surface area contributed by atoms with Crippen LogP contribution in [-0.4, -0.2) is 55.6 Å². The summed E-state index contributed by atoms with van der Waals surface area (Å²) in [5, 5.41) is 6.76. The van der Waals surface area contributed by atoms with Crippen molar-refractivity contribution < 1.29 is 0 Å². The highest BCUT2D eigenvalue weighted by Crippen LogP contribution is 2.21. The van der Waals surface area contributed by atoms with Gasteiger partial charge in [-0.15, -0.1) is 0 Å². The fourth-order valence-electron chi connectivity index (χ4n) is 3.32. The van der Waals surface area contributed by atoms with Gasteiger partial charge in [0.25, 0.3) is 0 Å². The number of rotatable bonds is 8. The predicted octanol–water partition coefficient (Wildman–Crippen LogP) is 2.44. The largest absolute Gasteiger partial charge is 0.356 e. The molecular weight excluding hydrogens is 298 g/mol. The lowest BCUT2D eigenvalue weighted by Gasteiger charge is -2.31. The van der Waals surface area contributed by atoms with Crippen LogP contribution in [0.4, 0.5) is 0 Å². The minimum atomic E-state index is 0.801. The van der Waals surface area contributed by atoms with E-state index in [1.165, 1.54) is 32.1 Å². The van der Waals surface area contributed by atoms with Crippen molar-refractivity contribution in [2.45, 2.75) is 51.0 Å². The summed E-state index contributed by atoms with van der Waals surface area (Å²) < 4.78 is 0. The molecule has 24 heavy (non-hydrogen) atoms.